The number of nitrogens with one attached hydrogen (secondary N) is 1. The number of anilines is 1. The highest BCUT2D eigenvalue weighted by Gasteiger charge is 2.18. The molecule has 11 heteroatoms. The van der Waals surface area contributed by atoms with Gasteiger partial charge in [0.05, 0.1) is 12.7 Å². The molecule has 0 bridgehead atoms. The Hall–Kier alpha value is -2.46. The fourth-order valence-corrected chi connectivity index (χ4v) is 3.11. The van der Waals surface area contributed by atoms with Crippen LogP contribution in [0, 0.1) is 5.82 Å². The summed E-state index contributed by atoms with van der Waals surface area (Å²) in [6.07, 6.45) is 3.93. The number of aromatic nitrogens is 5. The fourth-order valence-electron chi connectivity index (χ4n) is 1.96. The summed E-state index contributed by atoms with van der Waals surface area (Å²) in [4.78, 5) is 3.90. The van der Waals surface area contributed by atoms with E-state index in [9.17, 15) is 12.8 Å². The van der Waals surface area contributed by atoms with Gasteiger partial charge in [-0.2, -0.15) is 10.1 Å². The third-order valence-electron chi connectivity index (χ3n) is 3.10. The van der Waals surface area contributed by atoms with Crippen LogP contribution < -0.4 is 4.72 Å². The van der Waals surface area contributed by atoms with E-state index in [1.165, 1.54) is 46.3 Å². The van der Waals surface area contributed by atoms with Crippen molar-refractivity contribution in [2.45, 2.75) is 11.4 Å². The molecule has 0 atom stereocenters. The van der Waals surface area contributed by atoms with Crippen molar-refractivity contribution >= 4 is 27.6 Å². The van der Waals surface area contributed by atoms with Gasteiger partial charge in [0.15, 0.2) is 0 Å². The molecule has 0 aliphatic carbocycles. The maximum Gasteiger partial charge on any atom is 0.267 e. The van der Waals surface area contributed by atoms with E-state index < -0.39 is 15.8 Å². The van der Waals surface area contributed by atoms with Crippen molar-refractivity contribution in [3.63, 3.8) is 0 Å². The van der Waals surface area contributed by atoms with Crippen molar-refractivity contribution in [1.82, 2.24) is 24.5 Å². The van der Waals surface area contributed by atoms with Crippen LogP contribution >= 0.6 is 11.6 Å². The van der Waals surface area contributed by atoms with Crippen molar-refractivity contribution < 1.29 is 12.8 Å². The number of sulfonamides is 1. The van der Waals surface area contributed by atoms with E-state index in [1.807, 2.05) is 0 Å². The molecule has 126 valence electrons. The van der Waals surface area contributed by atoms with Crippen LogP contribution in [-0.4, -0.2) is 33.0 Å². The van der Waals surface area contributed by atoms with Crippen LogP contribution in [0.15, 0.2) is 41.8 Å². The number of rotatable bonds is 5. The monoisotopic (exact) mass is 370 g/mol. The van der Waals surface area contributed by atoms with E-state index in [-0.39, 0.29) is 22.4 Å². The molecular weight excluding hydrogens is 359 g/mol. The van der Waals surface area contributed by atoms with E-state index in [2.05, 4.69) is 19.9 Å². The zero-order valence-corrected chi connectivity index (χ0v) is 14.0. The first-order valence-corrected chi connectivity index (χ1v) is 8.54. The van der Waals surface area contributed by atoms with Gasteiger partial charge in [0.25, 0.3) is 16.0 Å². The first-order valence-electron chi connectivity index (χ1n) is 6.68. The number of hydrogen-bond donors (Lipinski definition) is 1. The molecule has 0 unspecified atom stereocenters. The Morgan fingerprint density at radius 3 is 2.83 bits per heavy atom. The first kappa shape index (κ1) is 16.4. The zero-order chi connectivity index (χ0) is 17.3. The molecule has 0 aliphatic rings. The minimum absolute atomic E-state index is 0.00271. The highest BCUT2D eigenvalue weighted by atomic mass is 35.5. The zero-order valence-electron chi connectivity index (χ0n) is 12.4. The van der Waals surface area contributed by atoms with Crippen LogP contribution in [-0.2, 0) is 23.6 Å². The average Bonchev–Trinajstić information content (AvgIpc) is 3.11. The maximum atomic E-state index is 13.0. The summed E-state index contributed by atoms with van der Waals surface area (Å²) in [6.45, 7) is 0.223. The number of benzene rings is 1. The fraction of sp³-hybridized carbons (Fsp3) is 0.154. The number of hydrogen-bond acceptors (Lipinski definition) is 5. The summed E-state index contributed by atoms with van der Waals surface area (Å²) in [5, 5.41) is 8.08. The molecular formula is C13H12ClFN6O2S. The molecule has 24 heavy (non-hydrogen) atoms. The quantitative estimate of drug-likeness (QED) is 0.737. The molecule has 0 saturated heterocycles. The van der Waals surface area contributed by atoms with Gasteiger partial charge >= 0.3 is 0 Å². The normalized spacial score (nSPS) is 11.6. The standard InChI is InChI=1S/C13H12ClFN6O2S/c1-20-7-11(5-17-20)24(22,23)19-13-16-8-21(18-13)6-9-2-3-10(15)4-12(9)14/h2-5,7-8H,6H2,1H3,(H,18,19). The maximum absolute atomic E-state index is 13.0. The van der Waals surface area contributed by atoms with E-state index in [0.717, 1.165) is 0 Å². The Bertz CT molecular complexity index is 984. The van der Waals surface area contributed by atoms with Gasteiger partial charge in [0.2, 0.25) is 0 Å². The Kier molecular flexibility index (Phi) is 4.24. The van der Waals surface area contributed by atoms with Gasteiger partial charge in [-0.15, -0.1) is 5.10 Å². The topological polar surface area (TPSA) is 94.7 Å². The van der Waals surface area contributed by atoms with Crippen LogP contribution in [0.1, 0.15) is 5.56 Å². The van der Waals surface area contributed by atoms with Crippen LogP contribution in [0.2, 0.25) is 5.02 Å². The lowest BCUT2D eigenvalue weighted by molar-refractivity contribution is 0.600. The summed E-state index contributed by atoms with van der Waals surface area (Å²) in [7, 11) is -2.20. The molecule has 1 N–H and O–H groups in total. The molecule has 0 radical (unpaired) electrons. The van der Waals surface area contributed by atoms with Gasteiger partial charge in [0, 0.05) is 18.3 Å². The first-order chi connectivity index (χ1) is 11.3. The van der Waals surface area contributed by atoms with E-state index in [1.54, 1.807) is 7.05 Å². The Morgan fingerprint density at radius 2 is 2.17 bits per heavy atom. The Labute approximate surface area is 141 Å². The van der Waals surface area contributed by atoms with Crippen molar-refractivity contribution in [2.24, 2.45) is 7.05 Å². The van der Waals surface area contributed by atoms with E-state index >= 15 is 0 Å². The predicted octanol–water partition coefficient (Wildman–Crippen LogP) is 1.65. The lowest BCUT2D eigenvalue weighted by Gasteiger charge is -2.04. The predicted molar refractivity (Wildman–Crippen MR) is 84.6 cm³/mol. The van der Waals surface area contributed by atoms with E-state index in [0.29, 0.717) is 5.56 Å². The Balaban J connectivity index is 1.76. The Morgan fingerprint density at radius 1 is 1.38 bits per heavy atom. The van der Waals surface area contributed by atoms with Crippen molar-refractivity contribution in [3.8, 4) is 0 Å². The van der Waals surface area contributed by atoms with Crippen molar-refractivity contribution in [3.05, 3.63) is 53.3 Å². The molecule has 8 nitrogen and oxygen atoms in total. The third-order valence-corrected chi connectivity index (χ3v) is 4.74. The SMILES string of the molecule is Cn1cc(S(=O)(=O)Nc2ncn(Cc3ccc(F)cc3Cl)n2)cn1. The van der Waals surface area contributed by atoms with Crippen LogP contribution in [0.3, 0.4) is 0 Å². The van der Waals surface area contributed by atoms with Crippen molar-refractivity contribution in [1.29, 1.82) is 0 Å². The third kappa shape index (κ3) is 3.54. The second kappa shape index (κ2) is 6.21. The molecule has 0 saturated carbocycles. The molecule has 1 aromatic carbocycles. The molecule has 0 fully saturated rings. The summed E-state index contributed by atoms with van der Waals surface area (Å²) in [6, 6.07) is 4.00. The largest absolute Gasteiger partial charge is 0.274 e. The molecule has 2 aromatic heterocycles. The van der Waals surface area contributed by atoms with Crippen LogP contribution in [0.4, 0.5) is 10.3 Å². The number of nitrogens with zero attached hydrogens (tertiary/aromatic N) is 5. The molecule has 0 amide bonds. The summed E-state index contributed by atoms with van der Waals surface area (Å²) in [5.74, 6) is -0.524. The smallest absolute Gasteiger partial charge is 0.267 e. The van der Waals surface area contributed by atoms with Gasteiger partial charge in [-0.1, -0.05) is 17.7 Å². The molecule has 2 heterocycles. The molecule has 0 spiro atoms. The van der Waals surface area contributed by atoms with Gasteiger partial charge in [-0.3, -0.25) is 4.68 Å². The van der Waals surface area contributed by atoms with Gasteiger partial charge in [-0.25, -0.2) is 22.2 Å². The molecule has 0 aliphatic heterocycles. The van der Waals surface area contributed by atoms with Gasteiger partial charge in [-0.05, 0) is 17.7 Å². The van der Waals surface area contributed by atoms with E-state index in [4.69, 9.17) is 11.6 Å². The van der Waals surface area contributed by atoms with Gasteiger partial charge in [0.1, 0.15) is 17.0 Å². The number of aryl methyl sites for hydroxylation is 1. The molecule has 3 rings (SSSR count). The summed E-state index contributed by atoms with van der Waals surface area (Å²) < 4.78 is 42.4. The second-order valence-corrected chi connectivity index (χ2v) is 7.05. The van der Waals surface area contributed by atoms with Gasteiger partial charge < -0.3 is 0 Å². The lowest BCUT2D eigenvalue weighted by Crippen LogP contribution is -2.14. The molecule has 3 aromatic rings. The minimum atomic E-state index is -3.81. The van der Waals surface area contributed by atoms with Crippen LogP contribution in [0.25, 0.3) is 0 Å². The lowest BCUT2D eigenvalue weighted by atomic mass is 10.2. The number of halogens is 2. The van der Waals surface area contributed by atoms with Crippen molar-refractivity contribution in [2.75, 3.05) is 4.72 Å². The summed E-state index contributed by atoms with van der Waals surface area (Å²) in [5.41, 5.74) is 0.629. The highest BCUT2D eigenvalue weighted by Crippen LogP contribution is 2.18. The summed E-state index contributed by atoms with van der Waals surface area (Å²) >= 11 is 5.95. The minimum Gasteiger partial charge on any atom is -0.274 e. The average molecular weight is 371 g/mol. The highest BCUT2D eigenvalue weighted by molar-refractivity contribution is 7.92. The second-order valence-electron chi connectivity index (χ2n) is 4.96. The van der Waals surface area contributed by atoms with Crippen LogP contribution in [0.5, 0.6) is 0 Å².